The van der Waals surface area contributed by atoms with Crippen LogP contribution in [-0.2, 0) is 4.79 Å². The third kappa shape index (κ3) is 3.03. The van der Waals surface area contributed by atoms with Crippen molar-refractivity contribution < 1.29 is 4.79 Å². The summed E-state index contributed by atoms with van der Waals surface area (Å²) in [7, 11) is 0. The van der Waals surface area contributed by atoms with Crippen molar-refractivity contribution in [3.63, 3.8) is 0 Å². The van der Waals surface area contributed by atoms with E-state index in [9.17, 15) is 4.79 Å². The molecule has 0 unspecified atom stereocenters. The van der Waals surface area contributed by atoms with Crippen LogP contribution in [0.15, 0.2) is 11.6 Å². The highest BCUT2D eigenvalue weighted by Crippen LogP contribution is 2.09. The third-order valence-corrected chi connectivity index (χ3v) is 1.33. The average molecular weight is 127 g/mol. The first-order valence-corrected chi connectivity index (χ1v) is 2.90. The van der Waals surface area contributed by atoms with Crippen molar-refractivity contribution in [1.29, 1.82) is 0 Å². The van der Waals surface area contributed by atoms with Crippen molar-refractivity contribution in [3.8, 4) is 0 Å². The van der Waals surface area contributed by atoms with Crippen LogP contribution in [-0.4, -0.2) is 11.8 Å². The first kappa shape index (κ1) is 8.37. The van der Waals surface area contributed by atoms with Crippen LogP contribution in [0.1, 0.15) is 20.8 Å². The standard InChI is InChI=1S/C7H13NO/c1-6(4-5-9)7(2,3)8/h4-5H,8H2,1-3H3. The lowest BCUT2D eigenvalue weighted by Gasteiger charge is -2.18. The lowest BCUT2D eigenvalue weighted by Crippen LogP contribution is -2.33. The van der Waals surface area contributed by atoms with Gasteiger partial charge in [-0.05, 0) is 26.8 Å². The first-order valence-electron chi connectivity index (χ1n) is 2.90. The Morgan fingerprint density at radius 3 is 2.11 bits per heavy atom. The van der Waals surface area contributed by atoms with Gasteiger partial charge < -0.3 is 5.73 Å². The van der Waals surface area contributed by atoms with Gasteiger partial charge in [0.05, 0.1) is 0 Å². The summed E-state index contributed by atoms with van der Waals surface area (Å²) >= 11 is 0. The topological polar surface area (TPSA) is 43.1 Å². The molecule has 0 aromatic rings. The Morgan fingerprint density at radius 1 is 1.56 bits per heavy atom. The predicted octanol–water partition coefficient (Wildman–Crippen LogP) is 0.869. The fraction of sp³-hybridized carbons (Fsp3) is 0.571. The second-order valence-corrected chi connectivity index (χ2v) is 2.71. The van der Waals surface area contributed by atoms with Gasteiger partial charge in [0.15, 0.2) is 0 Å². The smallest absolute Gasteiger partial charge is 0.142 e. The van der Waals surface area contributed by atoms with Crippen molar-refractivity contribution in [2.45, 2.75) is 26.3 Å². The van der Waals surface area contributed by atoms with E-state index in [0.29, 0.717) is 0 Å². The van der Waals surface area contributed by atoms with E-state index >= 15 is 0 Å². The molecule has 0 amide bonds. The molecule has 2 N–H and O–H groups in total. The normalized spacial score (nSPS) is 13.6. The van der Waals surface area contributed by atoms with Crippen molar-refractivity contribution in [2.24, 2.45) is 5.73 Å². The molecule has 52 valence electrons. The summed E-state index contributed by atoms with van der Waals surface area (Å²) in [6, 6.07) is 0. The molecule has 0 aliphatic heterocycles. The number of aldehydes is 1. The molecule has 0 atom stereocenters. The van der Waals surface area contributed by atoms with E-state index in [1.165, 1.54) is 6.08 Å². The third-order valence-electron chi connectivity index (χ3n) is 1.33. The zero-order valence-electron chi connectivity index (χ0n) is 6.14. The minimum Gasteiger partial charge on any atom is -0.322 e. The molecule has 0 bridgehead atoms. The van der Waals surface area contributed by atoms with Gasteiger partial charge >= 0.3 is 0 Å². The lowest BCUT2D eigenvalue weighted by atomic mass is 9.97. The molecule has 0 aromatic carbocycles. The van der Waals surface area contributed by atoms with E-state index in [-0.39, 0.29) is 5.54 Å². The molecule has 0 saturated carbocycles. The summed E-state index contributed by atoms with van der Waals surface area (Å²) in [6.45, 7) is 5.57. The van der Waals surface area contributed by atoms with Gasteiger partial charge in [-0.3, -0.25) is 4.79 Å². The van der Waals surface area contributed by atoms with Crippen LogP contribution >= 0.6 is 0 Å². The highest BCUT2D eigenvalue weighted by atomic mass is 16.1. The Bertz CT molecular complexity index is 130. The maximum atomic E-state index is 9.93. The van der Waals surface area contributed by atoms with E-state index < -0.39 is 0 Å². The van der Waals surface area contributed by atoms with Gasteiger partial charge in [0, 0.05) is 5.54 Å². The predicted molar refractivity (Wildman–Crippen MR) is 38.1 cm³/mol. The Balaban J connectivity index is 4.19. The maximum absolute atomic E-state index is 9.93. The van der Waals surface area contributed by atoms with Gasteiger partial charge in [0.2, 0.25) is 0 Å². The molecule has 0 fully saturated rings. The monoisotopic (exact) mass is 127 g/mol. The molecular weight excluding hydrogens is 114 g/mol. The van der Waals surface area contributed by atoms with Gasteiger partial charge in [-0.15, -0.1) is 0 Å². The van der Waals surface area contributed by atoms with Gasteiger partial charge in [-0.25, -0.2) is 0 Å². The second-order valence-electron chi connectivity index (χ2n) is 2.71. The molecular formula is C7H13NO. The average Bonchev–Trinajstić information content (AvgIpc) is 1.64. The lowest BCUT2D eigenvalue weighted by molar-refractivity contribution is -0.104. The van der Waals surface area contributed by atoms with Crippen LogP contribution in [0.2, 0.25) is 0 Å². The largest absolute Gasteiger partial charge is 0.322 e. The van der Waals surface area contributed by atoms with E-state index in [0.717, 1.165) is 11.9 Å². The molecule has 0 spiro atoms. The van der Waals surface area contributed by atoms with E-state index in [4.69, 9.17) is 5.73 Å². The highest BCUT2D eigenvalue weighted by molar-refractivity contribution is 5.66. The Hall–Kier alpha value is -0.630. The number of nitrogens with two attached hydrogens (primary N) is 1. The Labute approximate surface area is 55.7 Å². The number of rotatable bonds is 2. The van der Waals surface area contributed by atoms with Crippen LogP contribution in [0, 0.1) is 0 Å². The molecule has 2 nitrogen and oxygen atoms in total. The van der Waals surface area contributed by atoms with Crippen LogP contribution in [0.5, 0.6) is 0 Å². The molecule has 0 aromatic heterocycles. The summed E-state index contributed by atoms with van der Waals surface area (Å²) in [5.41, 5.74) is 6.18. The number of hydrogen-bond acceptors (Lipinski definition) is 2. The van der Waals surface area contributed by atoms with E-state index in [1.54, 1.807) is 0 Å². The summed E-state index contributed by atoms with van der Waals surface area (Å²) in [6.07, 6.45) is 2.24. The summed E-state index contributed by atoms with van der Waals surface area (Å²) < 4.78 is 0. The molecule has 0 aliphatic carbocycles. The zero-order valence-corrected chi connectivity index (χ0v) is 6.14. The Morgan fingerprint density at radius 2 is 2.00 bits per heavy atom. The number of carbonyl (C=O) groups excluding carboxylic acids is 1. The van der Waals surface area contributed by atoms with Gasteiger partial charge in [-0.2, -0.15) is 0 Å². The van der Waals surface area contributed by atoms with Crippen LogP contribution in [0.4, 0.5) is 0 Å². The summed E-state index contributed by atoms with van der Waals surface area (Å²) in [4.78, 5) is 9.93. The molecule has 0 radical (unpaired) electrons. The van der Waals surface area contributed by atoms with Crippen LogP contribution in [0.3, 0.4) is 0 Å². The number of allylic oxidation sites excluding steroid dienone is 1. The van der Waals surface area contributed by atoms with Crippen LogP contribution in [0.25, 0.3) is 0 Å². The first-order chi connectivity index (χ1) is 3.98. The fourth-order valence-electron chi connectivity index (χ4n) is 0.317. The number of carbonyl (C=O) groups is 1. The molecule has 0 saturated heterocycles. The van der Waals surface area contributed by atoms with E-state index in [2.05, 4.69) is 0 Å². The maximum Gasteiger partial charge on any atom is 0.142 e. The molecule has 9 heavy (non-hydrogen) atoms. The number of hydrogen-bond donors (Lipinski definition) is 1. The van der Waals surface area contributed by atoms with Crippen molar-refractivity contribution in [1.82, 2.24) is 0 Å². The molecule has 0 rings (SSSR count). The highest BCUT2D eigenvalue weighted by Gasteiger charge is 2.11. The van der Waals surface area contributed by atoms with Crippen LogP contribution < -0.4 is 5.73 Å². The quantitative estimate of drug-likeness (QED) is 0.442. The van der Waals surface area contributed by atoms with Gasteiger partial charge in [-0.1, -0.05) is 5.57 Å². The SMILES string of the molecule is CC(=CC=O)C(C)(C)N. The Kier molecular flexibility index (Phi) is 2.59. The second kappa shape index (κ2) is 2.78. The zero-order chi connectivity index (χ0) is 7.49. The van der Waals surface area contributed by atoms with Gasteiger partial charge in [0.1, 0.15) is 6.29 Å². The molecule has 2 heteroatoms. The molecule has 0 heterocycles. The van der Waals surface area contributed by atoms with Crippen molar-refractivity contribution >= 4 is 6.29 Å². The summed E-state index contributed by atoms with van der Waals surface area (Å²) in [5.74, 6) is 0. The minimum absolute atomic E-state index is 0.360. The summed E-state index contributed by atoms with van der Waals surface area (Å²) in [5, 5.41) is 0. The fourth-order valence-corrected chi connectivity index (χ4v) is 0.317. The van der Waals surface area contributed by atoms with Crippen molar-refractivity contribution in [3.05, 3.63) is 11.6 Å². The minimum atomic E-state index is -0.360. The molecule has 0 aliphatic rings. The van der Waals surface area contributed by atoms with E-state index in [1.807, 2.05) is 20.8 Å². The van der Waals surface area contributed by atoms with Gasteiger partial charge in [0.25, 0.3) is 0 Å². The van der Waals surface area contributed by atoms with Crippen molar-refractivity contribution in [2.75, 3.05) is 0 Å².